The third kappa shape index (κ3) is 2.49. The molecule has 1 unspecified atom stereocenters. The second-order valence-corrected chi connectivity index (χ2v) is 5.95. The maximum absolute atomic E-state index is 12.5. The van der Waals surface area contributed by atoms with Gasteiger partial charge in [-0.15, -0.1) is 0 Å². The van der Waals surface area contributed by atoms with E-state index in [-0.39, 0.29) is 25.8 Å². The standard InChI is InChI=1S/C8H15F3N2O2S/c1-2-6(5-12)16(14,15)13-7(3-4-7)8(9,10)11/h6,13H,2-5,12H2,1H3. The lowest BCUT2D eigenvalue weighted by Crippen LogP contribution is -2.51. The molecule has 1 aliphatic rings. The Kier molecular flexibility index (Phi) is 3.56. The maximum Gasteiger partial charge on any atom is 0.407 e. The van der Waals surface area contributed by atoms with Gasteiger partial charge in [-0.25, -0.2) is 8.42 Å². The lowest BCUT2D eigenvalue weighted by atomic mass is 10.3. The third-order valence-corrected chi connectivity index (χ3v) is 4.87. The van der Waals surface area contributed by atoms with Crippen LogP contribution in [0.25, 0.3) is 0 Å². The van der Waals surface area contributed by atoms with Crippen molar-refractivity contribution in [1.29, 1.82) is 0 Å². The Hall–Kier alpha value is -0.340. The van der Waals surface area contributed by atoms with Gasteiger partial charge in [-0.1, -0.05) is 6.92 Å². The van der Waals surface area contributed by atoms with Crippen molar-refractivity contribution in [3.05, 3.63) is 0 Å². The lowest BCUT2D eigenvalue weighted by molar-refractivity contribution is -0.160. The first-order valence-corrected chi connectivity index (χ1v) is 6.53. The zero-order valence-electron chi connectivity index (χ0n) is 8.84. The highest BCUT2D eigenvalue weighted by Crippen LogP contribution is 2.49. The van der Waals surface area contributed by atoms with Crippen molar-refractivity contribution >= 4 is 10.0 Å². The van der Waals surface area contributed by atoms with Crippen molar-refractivity contribution in [1.82, 2.24) is 4.72 Å². The van der Waals surface area contributed by atoms with Crippen LogP contribution in [0.5, 0.6) is 0 Å². The first-order valence-electron chi connectivity index (χ1n) is 4.98. The van der Waals surface area contributed by atoms with Crippen molar-refractivity contribution in [3.8, 4) is 0 Å². The summed E-state index contributed by atoms with van der Waals surface area (Å²) in [7, 11) is -4.00. The second-order valence-electron chi connectivity index (χ2n) is 3.99. The molecule has 0 spiro atoms. The Labute approximate surface area is 92.4 Å². The predicted molar refractivity (Wildman–Crippen MR) is 53.2 cm³/mol. The number of halogens is 3. The highest BCUT2D eigenvalue weighted by molar-refractivity contribution is 7.90. The maximum atomic E-state index is 12.5. The minimum atomic E-state index is -4.53. The van der Waals surface area contributed by atoms with Crippen LogP contribution >= 0.6 is 0 Å². The first kappa shape index (κ1) is 13.7. The lowest BCUT2D eigenvalue weighted by Gasteiger charge is -2.23. The van der Waals surface area contributed by atoms with Crippen LogP contribution in [0.2, 0.25) is 0 Å². The third-order valence-electron chi connectivity index (χ3n) is 2.79. The SMILES string of the molecule is CCC(CN)S(=O)(=O)NC1(C(F)(F)F)CC1. The molecule has 0 aromatic rings. The molecule has 1 rings (SSSR count). The summed E-state index contributed by atoms with van der Waals surface area (Å²) in [6.45, 7) is 1.39. The van der Waals surface area contributed by atoms with Gasteiger partial charge in [0.15, 0.2) is 0 Å². The first-order chi connectivity index (χ1) is 7.18. The van der Waals surface area contributed by atoms with E-state index in [4.69, 9.17) is 5.73 Å². The molecule has 0 aromatic carbocycles. The minimum absolute atomic E-state index is 0.181. The molecule has 4 nitrogen and oxygen atoms in total. The minimum Gasteiger partial charge on any atom is -0.329 e. The average molecular weight is 260 g/mol. The van der Waals surface area contributed by atoms with Crippen LogP contribution < -0.4 is 10.5 Å². The quantitative estimate of drug-likeness (QED) is 0.765. The molecular formula is C8H15F3N2O2S. The van der Waals surface area contributed by atoms with Gasteiger partial charge in [0.2, 0.25) is 10.0 Å². The van der Waals surface area contributed by atoms with E-state index in [0.717, 1.165) is 0 Å². The van der Waals surface area contributed by atoms with Crippen molar-refractivity contribution < 1.29 is 21.6 Å². The van der Waals surface area contributed by atoms with Gasteiger partial charge < -0.3 is 5.73 Å². The fourth-order valence-corrected chi connectivity index (χ4v) is 3.16. The van der Waals surface area contributed by atoms with Crippen LogP contribution in [0.1, 0.15) is 26.2 Å². The van der Waals surface area contributed by atoms with Gasteiger partial charge in [-0.3, -0.25) is 0 Å². The Morgan fingerprint density at radius 3 is 2.19 bits per heavy atom. The van der Waals surface area contributed by atoms with E-state index in [0.29, 0.717) is 0 Å². The summed E-state index contributed by atoms with van der Waals surface area (Å²) in [6.07, 6.45) is -4.74. The fourth-order valence-electron chi connectivity index (χ4n) is 1.44. The predicted octanol–water partition coefficient (Wildman–Crippen LogP) is 0.738. The molecule has 1 atom stereocenters. The molecule has 1 aliphatic carbocycles. The normalized spacial score (nSPS) is 21.8. The summed E-state index contributed by atoms with van der Waals surface area (Å²) in [5, 5.41) is -0.965. The van der Waals surface area contributed by atoms with Crippen molar-refractivity contribution in [2.75, 3.05) is 6.54 Å². The van der Waals surface area contributed by atoms with E-state index in [1.807, 2.05) is 0 Å². The molecule has 0 bridgehead atoms. The van der Waals surface area contributed by atoms with Crippen LogP contribution in [0.15, 0.2) is 0 Å². The summed E-state index contributed by atoms with van der Waals surface area (Å²) in [5.41, 5.74) is 2.98. The van der Waals surface area contributed by atoms with Gasteiger partial charge in [0.25, 0.3) is 0 Å². The molecule has 1 fully saturated rings. The summed E-state index contributed by atoms with van der Waals surface area (Å²) in [5.74, 6) is 0. The molecule has 0 heterocycles. The molecule has 1 saturated carbocycles. The van der Waals surface area contributed by atoms with Crippen LogP contribution in [-0.2, 0) is 10.0 Å². The summed E-state index contributed by atoms with van der Waals surface area (Å²) >= 11 is 0. The smallest absolute Gasteiger partial charge is 0.329 e. The van der Waals surface area contributed by atoms with Crippen molar-refractivity contribution in [2.24, 2.45) is 5.73 Å². The van der Waals surface area contributed by atoms with Crippen LogP contribution in [0, 0.1) is 0 Å². The molecule has 0 amide bonds. The number of alkyl halides is 3. The van der Waals surface area contributed by atoms with Crippen LogP contribution in [0.3, 0.4) is 0 Å². The zero-order chi connectivity index (χ0) is 12.6. The molecule has 3 N–H and O–H groups in total. The molecule has 8 heteroatoms. The topological polar surface area (TPSA) is 72.2 Å². The second kappa shape index (κ2) is 4.15. The highest BCUT2D eigenvalue weighted by Gasteiger charge is 2.65. The number of hydrogen-bond acceptors (Lipinski definition) is 3. The van der Waals surface area contributed by atoms with E-state index < -0.39 is 27.0 Å². The number of sulfonamides is 1. The monoisotopic (exact) mass is 260 g/mol. The van der Waals surface area contributed by atoms with Crippen molar-refractivity contribution in [2.45, 2.75) is 43.2 Å². The number of hydrogen-bond donors (Lipinski definition) is 2. The van der Waals surface area contributed by atoms with Crippen LogP contribution in [0.4, 0.5) is 13.2 Å². The Bertz CT molecular complexity index is 345. The molecule has 96 valence electrons. The molecule has 0 saturated heterocycles. The Morgan fingerprint density at radius 1 is 1.44 bits per heavy atom. The largest absolute Gasteiger partial charge is 0.407 e. The molecular weight excluding hydrogens is 245 g/mol. The van der Waals surface area contributed by atoms with Gasteiger partial charge in [0.05, 0.1) is 5.25 Å². The number of nitrogens with two attached hydrogens (primary N) is 1. The summed E-state index contributed by atoms with van der Waals surface area (Å²) in [6, 6.07) is 0. The number of nitrogens with one attached hydrogen (secondary N) is 1. The Morgan fingerprint density at radius 2 is 1.94 bits per heavy atom. The Balaban J connectivity index is 2.82. The van der Waals surface area contributed by atoms with Crippen LogP contribution in [-0.4, -0.2) is 31.9 Å². The van der Waals surface area contributed by atoms with Gasteiger partial charge in [0.1, 0.15) is 5.54 Å². The summed E-state index contributed by atoms with van der Waals surface area (Å²) < 4.78 is 62.6. The fraction of sp³-hybridized carbons (Fsp3) is 1.00. The number of rotatable bonds is 5. The van der Waals surface area contributed by atoms with E-state index in [1.165, 1.54) is 0 Å². The molecule has 0 aliphatic heterocycles. The van der Waals surface area contributed by atoms with E-state index in [9.17, 15) is 21.6 Å². The van der Waals surface area contributed by atoms with Gasteiger partial charge in [-0.2, -0.15) is 17.9 Å². The highest BCUT2D eigenvalue weighted by atomic mass is 32.2. The molecule has 0 aromatic heterocycles. The van der Waals surface area contributed by atoms with E-state index in [1.54, 1.807) is 11.6 Å². The average Bonchev–Trinajstić information content (AvgIpc) is 2.84. The van der Waals surface area contributed by atoms with Gasteiger partial charge in [-0.05, 0) is 19.3 Å². The summed E-state index contributed by atoms with van der Waals surface area (Å²) in [4.78, 5) is 0. The van der Waals surface area contributed by atoms with Gasteiger partial charge in [0, 0.05) is 6.54 Å². The van der Waals surface area contributed by atoms with Crippen molar-refractivity contribution in [3.63, 3.8) is 0 Å². The zero-order valence-corrected chi connectivity index (χ0v) is 9.66. The molecule has 0 radical (unpaired) electrons. The van der Waals surface area contributed by atoms with Gasteiger partial charge >= 0.3 is 6.18 Å². The van der Waals surface area contributed by atoms with E-state index >= 15 is 0 Å². The molecule has 16 heavy (non-hydrogen) atoms. The van der Waals surface area contributed by atoms with E-state index in [2.05, 4.69) is 0 Å².